The summed E-state index contributed by atoms with van der Waals surface area (Å²) in [5.74, 6) is 0.175. The van der Waals surface area contributed by atoms with Crippen molar-refractivity contribution in [1.29, 1.82) is 0 Å². The summed E-state index contributed by atoms with van der Waals surface area (Å²) >= 11 is 0. The second kappa shape index (κ2) is 10.5. The van der Waals surface area contributed by atoms with E-state index < -0.39 is 6.10 Å². The van der Waals surface area contributed by atoms with E-state index in [9.17, 15) is 9.59 Å². The number of benzene rings is 2. The first-order chi connectivity index (χ1) is 13.0. The van der Waals surface area contributed by atoms with Crippen LogP contribution in [0.5, 0.6) is 5.75 Å². The van der Waals surface area contributed by atoms with Gasteiger partial charge >= 0.3 is 5.97 Å². The van der Waals surface area contributed by atoms with E-state index in [1.807, 2.05) is 44.2 Å². The van der Waals surface area contributed by atoms with E-state index >= 15 is 0 Å². The Kier molecular flexibility index (Phi) is 8.01. The SMILES string of the molecule is CCOC(=O)[C@@H](Cc1ccc(OCC(=O)c2cccc(C)c2)cc1)OCC. The fourth-order valence-electron chi connectivity index (χ4n) is 2.63. The number of Topliss-reactive ketones (excluding diaryl/α,β-unsaturated/α-hetero) is 1. The van der Waals surface area contributed by atoms with Crippen molar-refractivity contribution < 1.29 is 23.8 Å². The Hall–Kier alpha value is -2.66. The van der Waals surface area contributed by atoms with Gasteiger partial charge in [0, 0.05) is 18.6 Å². The van der Waals surface area contributed by atoms with E-state index in [0.717, 1.165) is 11.1 Å². The lowest BCUT2D eigenvalue weighted by Gasteiger charge is -2.15. The van der Waals surface area contributed by atoms with E-state index in [-0.39, 0.29) is 18.4 Å². The zero-order chi connectivity index (χ0) is 19.6. The van der Waals surface area contributed by atoms with Gasteiger partial charge < -0.3 is 14.2 Å². The number of esters is 1. The Morgan fingerprint density at radius 3 is 2.37 bits per heavy atom. The molecule has 0 fully saturated rings. The number of ether oxygens (including phenoxy) is 3. The van der Waals surface area contributed by atoms with Gasteiger partial charge in [-0.25, -0.2) is 4.79 Å². The maximum absolute atomic E-state index is 12.2. The Morgan fingerprint density at radius 2 is 1.74 bits per heavy atom. The lowest BCUT2D eigenvalue weighted by atomic mass is 10.1. The van der Waals surface area contributed by atoms with Crippen LogP contribution in [0.25, 0.3) is 0 Å². The number of rotatable bonds is 10. The first-order valence-electron chi connectivity index (χ1n) is 9.13. The molecule has 2 rings (SSSR count). The van der Waals surface area contributed by atoms with Crippen LogP contribution < -0.4 is 4.74 Å². The highest BCUT2D eigenvalue weighted by molar-refractivity contribution is 5.97. The van der Waals surface area contributed by atoms with Crippen LogP contribution in [0.4, 0.5) is 0 Å². The molecule has 0 bridgehead atoms. The minimum Gasteiger partial charge on any atom is -0.485 e. The summed E-state index contributed by atoms with van der Waals surface area (Å²) in [6.07, 6.45) is -0.195. The predicted molar refractivity (Wildman–Crippen MR) is 103 cm³/mol. The molecule has 0 aromatic heterocycles. The zero-order valence-electron chi connectivity index (χ0n) is 16.1. The Balaban J connectivity index is 1.92. The smallest absolute Gasteiger partial charge is 0.335 e. The van der Waals surface area contributed by atoms with Gasteiger partial charge in [0.1, 0.15) is 5.75 Å². The summed E-state index contributed by atoms with van der Waals surface area (Å²) < 4.78 is 16.1. The molecular weight excluding hydrogens is 344 g/mol. The lowest BCUT2D eigenvalue weighted by Crippen LogP contribution is -2.28. The van der Waals surface area contributed by atoms with Crippen molar-refractivity contribution in [1.82, 2.24) is 0 Å². The summed E-state index contributed by atoms with van der Waals surface area (Å²) in [4.78, 5) is 24.1. The molecule has 27 heavy (non-hydrogen) atoms. The molecule has 5 nitrogen and oxygen atoms in total. The van der Waals surface area contributed by atoms with Gasteiger partial charge in [-0.15, -0.1) is 0 Å². The quantitative estimate of drug-likeness (QED) is 0.471. The molecule has 0 heterocycles. The first kappa shape index (κ1) is 20.6. The normalized spacial score (nSPS) is 11.7. The number of aryl methyl sites for hydroxylation is 1. The summed E-state index contributed by atoms with van der Waals surface area (Å²) in [6.45, 7) is 6.30. The lowest BCUT2D eigenvalue weighted by molar-refractivity contribution is -0.156. The number of hydrogen-bond acceptors (Lipinski definition) is 5. The monoisotopic (exact) mass is 370 g/mol. The summed E-state index contributed by atoms with van der Waals surface area (Å²) in [6, 6.07) is 14.7. The van der Waals surface area contributed by atoms with Crippen molar-refractivity contribution in [3.8, 4) is 5.75 Å². The highest BCUT2D eigenvalue weighted by Crippen LogP contribution is 2.16. The summed E-state index contributed by atoms with van der Waals surface area (Å²) in [5.41, 5.74) is 2.61. The number of hydrogen-bond donors (Lipinski definition) is 0. The third kappa shape index (κ3) is 6.53. The zero-order valence-corrected chi connectivity index (χ0v) is 16.1. The Bertz CT molecular complexity index is 752. The highest BCUT2D eigenvalue weighted by Gasteiger charge is 2.20. The van der Waals surface area contributed by atoms with Gasteiger partial charge in [0.2, 0.25) is 0 Å². The maximum Gasteiger partial charge on any atom is 0.335 e. The van der Waals surface area contributed by atoms with Crippen LogP contribution in [0.2, 0.25) is 0 Å². The first-order valence-corrected chi connectivity index (χ1v) is 9.13. The minimum atomic E-state index is -0.621. The van der Waals surface area contributed by atoms with E-state index in [2.05, 4.69) is 0 Å². The van der Waals surface area contributed by atoms with Crippen molar-refractivity contribution in [2.75, 3.05) is 19.8 Å². The molecule has 0 saturated carbocycles. The molecule has 2 aromatic rings. The molecule has 0 spiro atoms. The van der Waals surface area contributed by atoms with Gasteiger partial charge in [0.15, 0.2) is 18.5 Å². The van der Waals surface area contributed by atoms with Crippen LogP contribution in [0.15, 0.2) is 48.5 Å². The molecule has 5 heteroatoms. The fourth-order valence-corrected chi connectivity index (χ4v) is 2.63. The van der Waals surface area contributed by atoms with Gasteiger partial charge in [0.25, 0.3) is 0 Å². The maximum atomic E-state index is 12.2. The highest BCUT2D eigenvalue weighted by atomic mass is 16.6. The second-order valence-electron chi connectivity index (χ2n) is 6.13. The van der Waals surface area contributed by atoms with Gasteiger partial charge in [0.05, 0.1) is 6.61 Å². The largest absolute Gasteiger partial charge is 0.485 e. The molecule has 0 N–H and O–H groups in total. The number of carbonyl (C=O) groups is 2. The van der Waals surface area contributed by atoms with Crippen LogP contribution in [0.3, 0.4) is 0 Å². The average molecular weight is 370 g/mol. The standard InChI is InChI=1S/C22H26O5/c1-4-25-21(22(24)26-5-2)14-17-9-11-19(12-10-17)27-15-20(23)18-8-6-7-16(3)13-18/h6-13,21H,4-5,14-15H2,1-3H3/t21-/m1/s1. The molecule has 0 aliphatic heterocycles. The van der Waals surface area contributed by atoms with Crippen LogP contribution >= 0.6 is 0 Å². The Labute approximate surface area is 160 Å². The molecule has 0 saturated heterocycles. The minimum absolute atomic E-state index is 0.0206. The van der Waals surface area contributed by atoms with Gasteiger partial charge in [-0.2, -0.15) is 0 Å². The van der Waals surface area contributed by atoms with Crippen LogP contribution in [0, 0.1) is 6.92 Å². The second-order valence-corrected chi connectivity index (χ2v) is 6.13. The molecule has 0 aliphatic carbocycles. The molecule has 0 radical (unpaired) electrons. The van der Waals surface area contributed by atoms with Gasteiger partial charge in [-0.3, -0.25) is 4.79 Å². The molecular formula is C22H26O5. The van der Waals surface area contributed by atoms with E-state index in [1.54, 1.807) is 25.1 Å². The number of carbonyl (C=O) groups excluding carboxylic acids is 2. The third-order valence-corrected chi connectivity index (χ3v) is 3.97. The topological polar surface area (TPSA) is 61.8 Å². The van der Waals surface area contributed by atoms with Crippen LogP contribution in [0.1, 0.15) is 35.3 Å². The van der Waals surface area contributed by atoms with Crippen molar-refractivity contribution in [2.24, 2.45) is 0 Å². The molecule has 0 unspecified atom stereocenters. The molecule has 0 amide bonds. The molecule has 0 aliphatic rings. The van der Waals surface area contributed by atoms with Gasteiger partial charge in [-0.1, -0.05) is 35.9 Å². The molecule has 1 atom stereocenters. The molecule has 144 valence electrons. The summed E-state index contributed by atoms with van der Waals surface area (Å²) in [5, 5.41) is 0. The Morgan fingerprint density at radius 1 is 1.00 bits per heavy atom. The number of ketones is 1. The predicted octanol–water partition coefficient (Wildman–Crippen LogP) is 3.77. The van der Waals surface area contributed by atoms with Crippen LogP contribution in [-0.4, -0.2) is 37.7 Å². The van der Waals surface area contributed by atoms with E-state index in [4.69, 9.17) is 14.2 Å². The fraction of sp³-hybridized carbons (Fsp3) is 0.364. The summed E-state index contributed by atoms with van der Waals surface area (Å²) in [7, 11) is 0. The molecule has 2 aromatic carbocycles. The van der Waals surface area contributed by atoms with Crippen molar-refractivity contribution in [3.05, 3.63) is 65.2 Å². The van der Waals surface area contributed by atoms with Gasteiger partial charge in [-0.05, 0) is 44.5 Å². The van der Waals surface area contributed by atoms with E-state index in [0.29, 0.717) is 30.9 Å². The average Bonchev–Trinajstić information content (AvgIpc) is 2.67. The third-order valence-electron chi connectivity index (χ3n) is 3.97. The van der Waals surface area contributed by atoms with Crippen molar-refractivity contribution >= 4 is 11.8 Å². The van der Waals surface area contributed by atoms with Crippen LogP contribution in [-0.2, 0) is 20.7 Å². The van der Waals surface area contributed by atoms with Crippen molar-refractivity contribution in [3.63, 3.8) is 0 Å². The van der Waals surface area contributed by atoms with Crippen molar-refractivity contribution in [2.45, 2.75) is 33.3 Å². The van der Waals surface area contributed by atoms with E-state index in [1.165, 1.54) is 0 Å².